The molecule has 0 saturated heterocycles. The minimum Gasteiger partial charge on any atom is -0.360 e. The van der Waals surface area contributed by atoms with Gasteiger partial charge in [0.15, 0.2) is 0 Å². The van der Waals surface area contributed by atoms with Gasteiger partial charge in [-0.05, 0) is 72.8 Å². The quantitative estimate of drug-likeness (QED) is 0.424. The highest BCUT2D eigenvalue weighted by Crippen LogP contribution is 2.26. The average Bonchev–Trinajstić information content (AvgIpc) is 2.82. The van der Waals surface area contributed by atoms with Crippen molar-refractivity contribution in [2.45, 2.75) is 71.8 Å². The van der Waals surface area contributed by atoms with Crippen LogP contribution >= 0.6 is 0 Å². The summed E-state index contributed by atoms with van der Waals surface area (Å²) in [7, 11) is 0. The van der Waals surface area contributed by atoms with Gasteiger partial charge in [0.05, 0.1) is 6.04 Å². The van der Waals surface area contributed by atoms with Gasteiger partial charge < -0.3 is 10.6 Å². The zero-order valence-corrected chi connectivity index (χ0v) is 18.9. The van der Waals surface area contributed by atoms with Gasteiger partial charge in [-0.2, -0.15) is 5.26 Å². The normalized spacial score (nSPS) is 14.3. The number of carbonyl (C=O) groups excluding carboxylic acids is 1. The van der Waals surface area contributed by atoms with E-state index in [4.69, 9.17) is 0 Å². The van der Waals surface area contributed by atoms with Gasteiger partial charge in [-0.15, -0.1) is 0 Å². The number of hydrogen-bond acceptors (Lipinski definition) is 3. The number of aryl methyl sites for hydroxylation is 4. The summed E-state index contributed by atoms with van der Waals surface area (Å²) < 4.78 is 0. The summed E-state index contributed by atoms with van der Waals surface area (Å²) in [4.78, 5) is 12.9. The van der Waals surface area contributed by atoms with Crippen molar-refractivity contribution < 1.29 is 4.79 Å². The number of benzene rings is 2. The molecular formula is C27H33N3O. The SMILES string of the molecule is CCc1cccc(CC)c1N/C=C(/C#N)C(=O)NC(CC)c1ccc2c(c1)CCCC2. The first-order valence-corrected chi connectivity index (χ1v) is 11.5. The molecule has 3 rings (SSSR count). The lowest BCUT2D eigenvalue weighted by molar-refractivity contribution is -0.117. The Morgan fingerprint density at radius 2 is 1.74 bits per heavy atom. The van der Waals surface area contributed by atoms with Crippen LogP contribution in [0.25, 0.3) is 0 Å². The van der Waals surface area contributed by atoms with E-state index in [1.807, 2.05) is 0 Å². The Hall–Kier alpha value is -3.06. The second-order valence-electron chi connectivity index (χ2n) is 8.14. The molecule has 31 heavy (non-hydrogen) atoms. The van der Waals surface area contributed by atoms with Crippen LogP contribution in [-0.2, 0) is 30.5 Å². The second kappa shape index (κ2) is 10.8. The van der Waals surface area contributed by atoms with E-state index in [9.17, 15) is 10.1 Å². The Labute approximate surface area is 186 Å². The third-order valence-electron chi connectivity index (χ3n) is 6.21. The minimum absolute atomic E-state index is 0.0874. The second-order valence-corrected chi connectivity index (χ2v) is 8.14. The van der Waals surface area contributed by atoms with Crippen molar-refractivity contribution in [1.29, 1.82) is 5.26 Å². The van der Waals surface area contributed by atoms with Gasteiger partial charge in [0, 0.05) is 11.9 Å². The zero-order chi connectivity index (χ0) is 22.2. The lowest BCUT2D eigenvalue weighted by Gasteiger charge is -2.21. The number of rotatable bonds is 8. The molecule has 1 aliphatic rings. The molecule has 0 spiro atoms. The summed E-state index contributed by atoms with van der Waals surface area (Å²) in [6.45, 7) is 6.27. The first-order valence-electron chi connectivity index (χ1n) is 11.5. The highest BCUT2D eigenvalue weighted by molar-refractivity contribution is 5.97. The molecule has 0 heterocycles. The van der Waals surface area contributed by atoms with E-state index in [0.29, 0.717) is 0 Å². The van der Waals surface area contributed by atoms with Crippen LogP contribution < -0.4 is 10.6 Å². The van der Waals surface area contributed by atoms with Crippen molar-refractivity contribution >= 4 is 11.6 Å². The molecule has 0 bridgehead atoms. The number of hydrogen-bond donors (Lipinski definition) is 2. The fourth-order valence-corrected chi connectivity index (χ4v) is 4.35. The minimum atomic E-state index is -0.341. The molecule has 0 fully saturated rings. The summed E-state index contributed by atoms with van der Waals surface area (Å²) in [5, 5.41) is 15.9. The molecule has 1 unspecified atom stereocenters. The molecule has 0 radical (unpaired) electrons. The topological polar surface area (TPSA) is 64.9 Å². The number of fused-ring (bicyclic) bond motifs is 1. The Morgan fingerprint density at radius 3 is 2.35 bits per heavy atom. The summed E-state index contributed by atoms with van der Waals surface area (Å²) >= 11 is 0. The Balaban J connectivity index is 1.77. The monoisotopic (exact) mass is 415 g/mol. The van der Waals surface area contributed by atoms with Crippen molar-refractivity contribution in [1.82, 2.24) is 5.32 Å². The summed E-state index contributed by atoms with van der Waals surface area (Å²) in [5.74, 6) is -0.341. The van der Waals surface area contributed by atoms with Gasteiger partial charge in [0.1, 0.15) is 11.6 Å². The third kappa shape index (κ3) is 5.35. The van der Waals surface area contributed by atoms with Gasteiger partial charge in [-0.1, -0.05) is 57.2 Å². The third-order valence-corrected chi connectivity index (χ3v) is 6.21. The smallest absolute Gasteiger partial charge is 0.263 e. The molecule has 1 aliphatic carbocycles. The van der Waals surface area contributed by atoms with Gasteiger partial charge in [-0.3, -0.25) is 4.79 Å². The van der Waals surface area contributed by atoms with E-state index in [0.717, 1.165) is 43.4 Å². The number of para-hydroxylation sites is 1. The summed E-state index contributed by atoms with van der Waals surface area (Å²) in [6, 6.07) is 14.7. The maximum atomic E-state index is 12.9. The molecule has 4 heteroatoms. The number of amides is 1. The van der Waals surface area contributed by atoms with Crippen molar-refractivity contribution in [3.05, 3.63) is 76.0 Å². The molecule has 2 aromatic carbocycles. The first kappa shape index (κ1) is 22.6. The molecule has 1 amide bonds. The van der Waals surface area contributed by atoms with Crippen LogP contribution in [0, 0.1) is 11.3 Å². The molecule has 2 aromatic rings. The van der Waals surface area contributed by atoms with E-state index in [1.165, 1.54) is 35.1 Å². The van der Waals surface area contributed by atoms with Crippen LogP contribution in [0.3, 0.4) is 0 Å². The number of carbonyl (C=O) groups is 1. The van der Waals surface area contributed by atoms with E-state index in [-0.39, 0.29) is 17.5 Å². The van der Waals surface area contributed by atoms with Crippen LogP contribution in [0.5, 0.6) is 0 Å². The fourth-order valence-electron chi connectivity index (χ4n) is 4.35. The maximum absolute atomic E-state index is 12.9. The molecule has 4 nitrogen and oxygen atoms in total. The highest BCUT2D eigenvalue weighted by atomic mass is 16.1. The van der Waals surface area contributed by atoms with E-state index in [1.54, 1.807) is 6.20 Å². The zero-order valence-electron chi connectivity index (χ0n) is 18.9. The summed E-state index contributed by atoms with van der Waals surface area (Å²) in [5.41, 5.74) is 7.38. The lowest BCUT2D eigenvalue weighted by atomic mass is 9.88. The van der Waals surface area contributed by atoms with Gasteiger partial charge in [-0.25, -0.2) is 0 Å². The van der Waals surface area contributed by atoms with Gasteiger partial charge in [0.2, 0.25) is 0 Å². The fraction of sp³-hybridized carbons (Fsp3) is 0.407. The molecule has 1 atom stereocenters. The van der Waals surface area contributed by atoms with Crippen LogP contribution in [-0.4, -0.2) is 5.91 Å². The Morgan fingerprint density at radius 1 is 1.06 bits per heavy atom. The number of nitrogens with zero attached hydrogens (tertiary/aromatic N) is 1. The predicted octanol–water partition coefficient (Wildman–Crippen LogP) is 5.78. The molecule has 0 aliphatic heterocycles. The molecule has 0 saturated carbocycles. The van der Waals surface area contributed by atoms with Crippen molar-refractivity contribution in [2.75, 3.05) is 5.32 Å². The predicted molar refractivity (Wildman–Crippen MR) is 127 cm³/mol. The van der Waals surface area contributed by atoms with Crippen LogP contribution in [0.1, 0.15) is 73.9 Å². The van der Waals surface area contributed by atoms with Crippen LogP contribution in [0.15, 0.2) is 48.2 Å². The number of nitriles is 1. The van der Waals surface area contributed by atoms with Crippen molar-refractivity contribution in [2.24, 2.45) is 0 Å². The number of anilines is 1. The summed E-state index contributed by atoms with van der Waals surface area (Å²) in [6.07, 6.45) is 8.82. The number of nitrogens with one attached hydrogen (secondary N) is 2. The first-order chi connectivity index (χ1) is 15.1. The van der Waals surface area contributed by atoms with Crippen molar-refractivity contribution in [3.8, 4) is 6.07 Å². The molecule has 2 N–H and O–H groups in total. The standard InChI is InChI=1S/C27H33N3O/c1-4-19-12-9-13-20(5-2)26(19)29-18-24(17-28)27(31)30-25(6-3)23-15-14-21-10-7-8-11-22(21)16-23/h9,12-16,18,25,29H,4-8,10-11H2,1-3H3,(H,30,31)/b24-18-. The lowest BCUT2D eigenvalue weighted by Crippen LogP contribution is -2.29. The van der Waals surface area contributed by atoms with Gasteiger partial charge >= 0.3 is 0 Å². The molecule has 162 valence electrons. The van der Waals surface area contributed by atoms with Crippen molar-refractivity contribution in [3.63, 3.8) is 0 Å². The molecule has 0 aromatic heterocycles. The Kier molecular flexibility index (Phi) is 7.89. The van der Waals surface area contributed by atoms with E-state index in [2.05, 4.69) is 73.9 Å². The average molecular weight is 416 g/mol. The Bertz CT molecular complexity index is 978. The maximum Gasteiger partial charge on any atom is 0.263 e. The largest absolute Gasteiger partial charge is 0.360 e. The van der Waals surface area contributed by atoms with Gasteiger partial charge in [0.25, 0.3) is 5.91 Å². The van der Waals surface area contributed by atoms with Crippen LogP contribution in [0.4, 0.5) is 5.69 Å². The molecular weight excluding hydrogens is 382 g/mol. The highest BCUT2D eigenvalue weighted by Gasteiger charge is 2.18. The van der Waals surface area contributed by atoms with E-state index < -0.39 is 0 Å². The van der Waals surface area contributed by atoms with E-state index >= 15 is 0 Å². The van der Waals surface area contributed by atoms with Crippen LogP contribution in [0.2, 0.25) is 0 Å².